The van der Waals surface area contributed by atoms with Crippen LogP contribution < -0.4 is 5.73 Å². The lowest BCUT2D eigenvalue weighted by Crippen LogP contribution is -2.32. The molecule has 6 nitrogen and oxygen atoms in total. The van der Waals surface area contributed by atoms with Crippen LogP contribution in [0.5, 0.6) is 0 Å². The number of hydrogen-bond acceptors (Lipinski definition) is 5. The molecule has 2 rings (SSSR count). The van der Waals surface area contributed by atoms with Gasteiger partial charge >= 0.3 is 0 Å². The van der Waals surface area contributed by atoms with Crippen LogP contribution in [0.25, 0.3) is 0 Å². The van der Waals surface area contributed by atoms with Crippen molar-refractivity contribution in [3.63, 3.8) is 0 Å². The predicted octanol–water partition coefficient (Wildman–Crippen LogP) is 1.46. The molecule has 18 heavy (non-hydrogen) atoms. The minimum Gasteiger partial charge on any atom is -0.462 e. The second kappa shape index (κ2) is 4.55. The van der Waals surface area contributed by atoms with Gasteiger partial charge in [0.15, 0.2) is 6.17 Å². The normalized spacial score (nSPS) is 23.1. The molecule has 1 aliphatic rings. The summed E-state index contributed by atoms with van der Waals surface area (Å²) in [6, 6.07) is 1.37. The van der Waals surface area contributed by atoms with E-state index in [2.05, 4.69) is 9.73 Å². The Morgan fingerprint density at radius 1 is 1.56 bits per heavy atom. The van der Waals surface area contributed by atoms with E-state index in [1.165, 1.54) is 0 Å². The van der Waals surface area contributed by atoms with Crippen molar-refractivity contribution in [2.45, 2.75) is 12.2 Å². The van der Waals surface area contributed by atoms with Crippen molar-refractivity contribution in [3.05, 3.63) is 39.7 Å². The highest BCUT2D eigenvalue weighted by Gasteiger charge is 2.31. The van der Waals surface area contributed by atoms with Crippen molar-refractivity contribution < 1.29 is 18.4 Å². The maximum absolute atomic E-state index is 13.6. The molecule has 1 heterocycles. The third kappa shape index (κ3) is 2.22. The van der Waals surface area contributed by atoms with Gasteiger partial charge in [-0.2, -0.15) is 0 Å². The van der Waals surface area contributed by atoms with Gasteiger partial charge in [-0.3, -0.25) is 10.1 Å². The van der Waals surface area contributed by atoms with Gasteiger partial charge in [-0.15, -0.1) is 0 Å². The number of rotatable bonds is 2. The molecule has 1 aromatic rings. The number of hydrogen-bond donors (Lipinski definition) is 1. The maximum atomic E-state index is 13.6. The summed E-state index contributed by atoms with van der Waals surface area (Å²) >= 11 is 0. The van der Waals surface area contributed by atoms with Gasteiger partial charge in [0.2, 0.25) is 0 Å². The van der Waals surface area contributed by atoms with Crippen molar-refractivity contribution in [1.82, 2.24) is 0 Å². The first-order chi connectivity index (χ1) is 8.49. The summed E-state index contributed by atoms with van der Waals surface area (Å²) in [5.41, 5.74) is 4.74. The first-order valence-electron chi connectivity index (χ1n) is 5.03. The number of alkyl halides is 1. The number of nitro groups is 1. The first-order valence-corrected chi connectivity index (χ1v) is 5.03. The highest BCUT2D eigenvalue weighted by molar-refractivity contribution is 5.72. The monoisotopic (exact) mass is 257 g/mol. The number of nitrogens with zero attached hydrogens (tertiary/aromatic N) is 2. The lowest BCUT2D eigenvalue weighted by Gasteiger charge is -2.23. The van der Waals surface area contributed by atoms with Gasteiger partial charge in [-0.1, -0.05) is 0 Å². The predicted molar refractivity (Wildman–Crippen MR) is 58.3 cm³/mol. The van der Waals surface area contributed by atoms with E-state index in [0.29, 0.717) is 0 Å². The molecule has 8 heteroatoms. The first kappa shape index (κ1) is 12.2. The van der Waals surface area contributed by atoms with E-state index < -0.39 is 23.0 Å². The standard InChI is InChI=1S/C10H9F2N3O3/c11-7-2-1-5(15(16)17)3-6(7)9-8(12)4-18-10(13)14-9/h1-3,8-9H,4H2,(H2,13,14). The highest BCUT2D eigenvalue weighted by Crippen LogP contribution is 2.31. The van der Waals surface area contributed by atoms with E-state index in [1.807, 2.05) is 0 Å². The summed E-state index contributed by atoms with van der Waals surface area (Å²) in [5.74, 6) is -0.772. The summed E-state index contributed by atoms with van der Waals surface area (Å²) in [7, 11) is 0. The van der Waals surface area contributed by atoms with E-state index in [1.54, 1.807) is 0 Å². The number of nitrogens with two attached hydrogens (primary N) is 1. The Hall–Kier alpha value is -2.25. The molecular weight excluding hydrogens is 248 g/mol. The lowest BCUT2D eigenvalue weighted by atomic mass is 10.0. The maximum Gasteiger partial charge on any atom is 0.282 e. The largest absolute Gasteiger partial charge is 0.462 e. The smallest absolute Gasteiger partial charge is 0.282 e. The molecule has 1 aromatic carbocycles. The van der Waals surface area contributed by atoms with Crippen LogP contribution in [-0.2, 0) is 4.74 Å². The Morgan fingerprint density at radius 3 is 2.94 bits per heavy atom. The number of nitro benzene ring substituents is 1. The topological polar surface area (TPSA) is 90.8 Å². The zero-order chi connectivity index (χ0) is 13.3. The molecule has 96 valence electrons. The number of halogens is 2. The molecule has 0 spiro atoms. The molecule has 0 aliphatic carbocycles. The SMILES string of the molecule is NC1=NC(c2cc([N+](=O)[O-])ccc2F)C(F)CO1. The average molecular weight is 257 g/mol. The van der Waals surface area contributed by atoms with E-state index in [0.717, 1.165) is 18.2 Å². The lowest BCUT2D eigenvalue weighted by molar-refractivity contribution is -0.385. The van der Waals surface area contributed by atoms with Gasteiger partial charge in [0.05, 0.1) is 4.92 Å². The molecule has 0 saturated carbocycles. The molecule has 0 saturated heterocycles. The summed E-state index contributed by atoms with van der Waals surface area (Å²) in [6.07, 6.45) is -1.60. The third-order valence-corrected chi connectivity index (χ3v) is 2.51. The van der Waals surface area contributed by atoms with Gasteiger partial charge in [-0.25, -0.2) is 13.8 Å². The molecule has 1 aliphatic heterocycles. The summed E-state index contributed by atoms with van der Waals surface area (Å²) in [6.45, 7) is -0.359. The molecule has 0 aromatic heterocycles. The van der Waals surface area contributed by atoms with Crippen LogP contribution in [0.1, 0.15) is 11.6 Å². The molecule has 0 amide bonds. The van der Waals surface area contributed by atoms with Crippen molar-refractivity contribution in [1.29, 1.82) is 0 Å². The van der Waals surface area contributed by atoms with Crippen molar-refractivity contribution in [2.24, 2.45) is 10.7 Å². The van der Waals surface area contributed by atoms with E-state index in [-0.39, 0.29) is 23.9 Å². The minimum atomic E-state index is -1.60. The molecule has 2 atom stereocenters. The van der Waals surface area contributed by atoms with E-state index in [4.69, 9.17) is 5.73 Å². The quantitative estimate of drug-likeness (QED) is 0.641. The van der Waals surface area contributed by atoms with Crippen molar-refractivity contribution in [3.8, 4) is 0 Å². The third-order valence-electron chi connectivity index (χ3n) is 2.51. The van der Waals surface area contributed by atoms with Crippen molar-refractivity contribution >= 4 is 11.7 Å². The Bertz CT molecular complexity index is 521. The zero-order valence-corrected chi connectivity index (χ0v) is 9.05. The van der Waals surface area contributed by atoms with Crippen LogP contribution >= 0.6 is 0 Å². The Kier molecular flexibility index (Phi) is 3.09. The van der Waals surface area contributed by atoms with Gasteiger partial charge < -0.3 is 10.5 Å². The van der Waals surface area contributed by atoms with Gasteiger partial charge in [0, 0.05) is 17.7 Å². The minimum absolute atomic E-state index is 0.206. The summed E-state index contributed by atoms with van der Waals surface area (Å²) in [5, 5.41) is 10.6. The Balaban J connectivity index is 2.46. The highest BCUT2D eigenvalue weighted by atomic mass is 19.1. The Labute approximate surface area is 100 Å². The summed E-state index contributed by atoms with van der Waals surface area (Å²) in [4.78, 5) is 13.5. The fourth-order valence-electron chi connectivity index (χ4n) is 1.65. The van der Waals surface area contributed by atoms with Crippen LogP contribution in [0.15, 0.2) is 23.2 Å². The Morgan fingerprint density at radius 2 is 2.28 bits per heavy atom. The summed E-state index contributed by atoms with van der Waals surface area (Å²) < 4.78 is 31.8. The van der Waals surface area contributed by atoms with Crippen LogP contribution in [0.2, 0.25) is 0 Å². The molecule has 0 bridgehead atoms. The fraction of sp³-hybridized carbons (Fsp3) is 0.300. The van der Waals surface area contributed by atoms with Crippen LogP contribution in [-0.4, -0.2) is 23.7 Å². The molecule has 2 unspecified atom stereocenters. The van der Waals surface area contributed by atoms with Crippen molar-refractivity contribution in [2.75, 3.05) is 6.61 Å². The van der Waals surface area contributed by atoms with Crippen LogP contribution in [0, 0.1) is 15.9 Å². The van der Waals surface area contributed by atoms with E-state index in [9.17, 15) is 18.9 Å². The van der Waals surface area contributed by atoms with Crippen LogP contribution in [0.3, 0.4) is 0 Å². The zero-order valence-electron chi connectivity index (χ0n) is 9.05. The number of ether oxygens (including phenoxy) is 1. The fourth-order valence-corrected chi connectivity index (χ4v) is 1.65. The second-order valence-electron chi connectivity index (χ2n) is 3.70. The van der Waals surface area contributed by atoms with Gasteiger partial charge in [0.1, 0.15) is 18.5 Å². The second-order valence-corrected chi connectivity index (χ2v) is 3.70. The molecule has 0 fully saturated rings. The average Bonchev–Trinajstić information content (AvgIpc) is 2.33. The number of benzene rings is 1. The van der Waals surface area contributed by atoms with E-state index >= 15 is 0 Å². The number of non-ortho nitro benzene ring substituents is 1. The molecule has 0 radical (unpaired) electrons. The van der Waals surface area contributed by atoms with Crippen LogP contribution in [0.4, 0.5) is 14.5 Å². The number of aliphatic imine (C=N–C) groups is 1. The van der Waals surface area contributed by atoms with Gasteiger partial charge in [-0.05, 0) is 6.07 Å². The molecular formula is C10H9F2N3O3. The molecule has 2 N–H and O–H groups in total. The van der Waals surface area contributed by atoms with Gasteiger partial charge in [0.25, 0.3) is 11.7 Å². The number of amidine groups is 1.